The zero-order chi connectivity index (χ0) is 18.5. The summed E-state index contributed by atoms with van der Waals surface area (Å²) in [6.45, 7) is 3.22. The van der Waals surface area contributed by atoms with Gasteiger partial charge < -0.3 is 15.5 Å². The number of anilines is 1. The van der Waals surface area contributed by atoms with E-state index in [4.69, 9.17) is 0 Å². The Kier molecular flexibility index (Phi) is 5.46. The van der Waals surface area contributed by atoms with Crippen molar-refractivity contribution in [3.05, 3.63) is 82.2 Å². The molecule has 1 aliphatic rings. The van der Waals surface area contributed by atoms with E-state index in [-0.39, 0.29) is 11.9 Å². The van der Waals surface area contributed by atoms with Crippen LogP contribution >= 0.6 is 11.3 Å². The number of carbonyl (C=O) groups is 1. The molecule has 1 atom stereocenters. The second kappa shape index (κ2) is 8.33. The van der Waals surface area contributed by atoms with Gasteiger partial charge in [0.1, 0.15) is 5.82 Å². The normalized spacial score (nSPS) is 16.9. The molecule has 0 aliphatic carbocycles. The molecule has 0 spiro atoms. The summed E-state index contributed by atoms with van der Waals surface area (Å²) in [7, 11) is 0. The van der Waals surface area contributed by atoms with Gasteiger partial charge >= 0.3 is 0 Å². The van der Waals surface area contributed by atoms with Crippen molar-refractivity contribution in [3.63, 3.8) is 0 Å². The number of rotatable bonds is 5. The summed E-state index contributed by atoms with van der Waals surface area (Å²) in [6.07, 6.45) is 1.67. The number of pyridine rings is 1. The van der Waals surface area contributed by atoms with Crippen molar-refractivity contribution in [3.8, 4) is 0 Å². The number of thiophene rings is 1. The Morgan fingerprint density at radius 2 is 2.07 bits per heavy atom. The fourth-order valence-electron chi connectivity index (χ4n) is 3.26. The van der Waals surface area contributed by atoms with Crippen LogP contribution in [0.4, 0.5) is 5.82 Å². The lowest BCUT2D eigenvalue weighted by Gasteiger charge is -2.34. The number of piperazine rings is 1. The number of nitrogens with one attached hydrogen (secondary N) is 2. The van der Waals surface area contributed by atoms with Crippen LogP contribution in [0, 0.1) is 0 Å². The van der Waals surface area contributed by atoms with Gasteiger partial charge in [-0.25, -0.2) is 4.98 Å². The van der Waals surface area contributed by atoms with E-state index in [1.807, 2.05) is 35.7 Å². The zero-order valence-corrected chi connectivity index (χ0v) is 15.8. The van der Waals surface area contributed by atoms with Crippen LogP contribution in [-0.4, -0.2) is 30.5 Å². The summed E-state index contributed by atoms with van der Waals surface area (Å²) in [5.74, 6) is 0.817. The standard InChI is InChI=1S/C21H22N4OS/c26-21(24-14-18-7-4-12-27-18)17-8-9-20(23-13-17)25-11-10-22-19(15-25)16-5-2-1-3-6-16/h1-9,12-13,19,22H,10-11,14-15H2,(H,24,26). The predicted octanol–water partition coefficient (Wildman–Crippen LogP) is 3.22. The third kappa shape index (κ3) is 4.35. The Morgan fingerprint density at radius 3 is 2.81 bits per heavy atom. The maximum atomic E-state index is 12.3. The maximum Gasteiger partial charge on any atom is 0.253 e. The molecule has 6 heteroatoms. The van der Waals surface area contributed by atoms with Gasteiger partial charge in [-0.1, -0.05) is 36.4 Å². The molecule has 138 valence electrons. The summed E-state index contributed by atoms with van der Waals surface area (Å²) >= 11 is 1.64. The SMILES string of the molecule is O=C(NCc1cccs1)c1ccc(N2CCNC(c3ccccc3)C2)nc1. The summed E-state index contributed by atoms with van der Waals surface area (Å²) in [6, 6.07) is 18.5. The van der Waals surface area contributed by atoms with Crippen LogP contribution in [0.5, 0.6) is 0 Å². The zero-order valence-electron chi connectivity index (χ0n) is 15.0. The lowest BCUT2D eigenvalue weighted by atomic mass is 10.0. The highest BCUT2D eigenvalue weighted by atomic mass is 32.1. The molecule has 1 fully saturated rings. The molecule has 2 N–H and O–H groups in total. The predicted molar refractivity (Wildman–Crippen MR) is 109 cm³/mol. The number of benzene rings is 1. The van der Waals surface area contributed by atoms with E-state index in [0.29, 0.717) is 12.1 Å². The minimum atomic E-state index is -0.0927. The van der Waals surface area contributed by atoms with E-state index in [1.54, 1.807) is 17.5 Å². The van der Waals surface area contributed by atoms with Gasteiger partial charge in [-0.15, -0.1) is 11.3 Å². The second-order valence-electron chi connectivity index (χ2n) is 6.53. The van der Waals surface area contributed by atoms with Crippen LogP contribution in [0.3, 0.4) is 0 Å². The van der Waals surface area contributed by atoms with Gasteiger partial charge in [-0.2, -0.15) is 0 Å². The molecule has 5 nitrogen and oxygen atoms in total. The van der Waals surface area contributed by atoms with Crippen LogP contribution in [0.2, 0.25) is 0 Å². The Hall–Kier alpha value is -2.70. The molecule has 0 radical (unpaired) electrons. The van der Waals surface area contributed by atoms with Crippen LogP contribution in [0.1, 0.15) is 26.8 Å². The van der Waals surface area contributed by atoms with Crippen molar-refractivity contribution in [2.45, 2.75) is 12.6 Å². The van der Waals surface area contributed by atoms with E-state index in [1.165, 1.54) is 5.56 Å². The first-order valence-electron chi connectivity index (χ1n) is 9.09. The van der Waals surface area contributed by atoms with Crippen molar-refractivity contribution < 1.29 is 4.79 Å². The Bertz CT molecular complexity index is 865. The average Bonchev–Trinajstić information content (AvgIpc) is 3.27. The highest BCUT2D eigenvalue weighted by Crippen LogP contribution is 2.21. The number of hydrogen-bond donors (Lipinski definition) is 2. The molecular formula is C21H22N4OS. The van der Waals surface area contributed by atoms with E-state index in [9.17, 15) is 4.79 Å². The molecule has 1 saturated heterocycles. The summed E-state index contributed by atoms with van der Waals surface area (Å²) in [5, 5.41) is 8.51. The second-order valence-corrected chi connectivity index (χ2v) is 7.56. The molecule has 27 heavy (non-hydrogen) atoms. The number of hydrogen-bond acceptors (Lipinski definition) is 5. The molecule has 0 bridgehead atoms. The van der Waals surface area contributed by atoms with E-state index >= 15 is 0 Å². The lowest BCUT2D eigenvalue weighted by molar-refractivity contribution is 0.0951. The van der Waals surface area contributed by atoms with Crippen LogP contribution in [0.15, 0.2) is 66.2 Å². The summed E-state index contributed by atoms with van der Waals surface area (Å²) in [4.78, 5) is 20.2. The van der Waals surface area contributed by atoms with Crippen molar-refractivity contribution in [2.75, 3.05) is 24.5 Å². The number of amides is 1. The Balaban J connectivity index is 1.38. The van der Waals surface area contributed by atoms with Crippen molar-refractivity contribution in [2.24, 2.45) is 0 Å². The van der Waals surface area contributed by atoms with E-state index < -0.39 is 0 Å². The molecular weight excluding hydrogens is 356 g/mol. The van der Waals surface area contributed by atoms with Gasteiger partial charge in [0.25, 0.3) is 5.91 Å². The molecule has 3 aromatic rings. The highest BCUT2D eigenvalue weighted by Gasteiger charge is 2.21. The molecule has 0 saturated carbocycles. The lowest BCUT2D eigenvalue weighted by Crippen LogP contribution is -2.46. The van der Waals surface area contributed by atoms with Gasteiger partial charge in [-0.3, -0.25) is 4.79 Å². The molecule has 1 amide bonds. The Labute approximate surface area is 163 Å². The van der Waals surface area contributed by atoms with Crippen LogP contribution < -0.4 is 15.5 Å². The van der Waals surface area contributed by atoms with Crippen molar-refractivity contribution in [1.82, 2.24) is 15.6 Å². The van der Waals surface area contributed by atoms with Crippen LogP contribution in [-0.2, 0) is 6.54 Å². The topological polar surface area (TPSA) is 57.3 Å². The number of aromatic nitrogens is 1. The van der Waals surface area contributed by atoms with Gasteiger partial charge in [0.15, 0.2) is 0 Å². The fourth-order valence-corrected chi connectivity index (χ4v) is 3.90. The quantitative estimate of drug-likeness (QED) is 0.716. The van der Waals surface area contributed by atoms with Crippen molar-refractivity contribution >= 4 is 23.1 Å². The third-order valence-corrected chi connectivity index (χ3v) is 5.59. The average molecular weight is 379 g/mol. The Morgan fingerprint density at radius 1 is 1.19 bits per heavy atom. The maximum absolute atomic E-state index is 12.3. The third-order valence-electron chi connectivity index (χ3n) is 4.71. The molecule has 1 unspecified atom stereocenters. The molecule has 3 heterocycles. The fraction of sp³-hybridized carbons (Fsp3) is 0.238. The van der Waals surface area contributed by atoms with Crippen LogP contribution in [0.25, 0.3) is 0 Å². The number of carbonyl (C=O) groups excluding carboxylic acids is 1. The van der Waals surface area contributed by atoms with Crippen molar-refractivity contribution in [1.29, 1.82) is 0 Å². The first kappa shape index (κ1) is 17.7. The molecule has 1 aromatic carbocycles. The number of nitrogens with zero attached hydrogens (tertiary/aromatic N) is 2. The van der Waals surface area contributed by atoms with E-state index in [0.717, 1.165) is 30.3 Å². The van der Waals surface area contributed by atoms with Gasteiger partial charge in [0.2, 0.25) is 0 Å². The van der Waals surface area contributed by atoms with Gasteiger partial charge in [0, 0.05) is 36.8 Å². The largest absolute Gasteiger partial charge is 0.353 e. The first-order valence-corrected chi connectivity index (χ1v) is 9.97. The monoisotopic (exact) mass is 378 g/mol. The summed E-state index contributed by atoms with van der Waals surface area (Å²) < 4.78 is 0. The molecule has 4 rings (SSSR count). The smallest absolute Gasteiger partial charge is 0.253 e. The van der Waals surface area contributed by atoms with Gasteiger partial charge in [0.05, 0.1) is 12.1 Å². The minimum absolute atomic E-state index is 0.0927. The minimum Gasteiger partial charge on any atom is -0.353 e. The molecule has 2 aromatic heterocycles. The van der Waals surface area contributed by atoms with Gasteiger partial charge in [-0.05, 0) is 29.1 Å². The highest BCUT2D eigenvalue weighted by molar-refractivity contribution is 7.09. The summed E-state index contributed by atoms with van der Waals surface area (Å²) in [5.41, 5.74) is 1.87. The van der Waals surface area contributed by atoms with E-state index in [2.05, 4.69) is 44.8 Å². The first-order chi connectivity index (χ1) is 13.3. The molecule has 1 aliphatic heterocycles.